The molecule has 0 aliphatic heterocycles. The zero-order chi connectivity index (χ0) is 21.1. The van der Waals surface area contributed by atoms with Gasteiger partial charge in [-0.25, -0.2) is 0 Å². The summed E-state index contributed by atoms with van der Waals surface area (Å²) in [6.45, 7) is -0.836. The molecular formula is C27H26BrO2P. The molecule has 4 heteroatoms. The number of hydrogen-bond acceptors (Lipinski definition) is 1. The van der Waals surface area contributed by atoms with E-state index in [-0.39, 0.29) is 17.0 Å². The molecule has 0 aromatic heterocycles. The Morgan fingerprint density at radius 3 is 1.23 bits per heavy atom. The van der Waals surface area contributed by atoms with Crippen LogP contribution in [0.4, 0.5) is 0 Å². The van der Waals surface area contributed by atoms with Crippen LogP contribution in [0.15, 0.2) is 115 Å². The van der Waals surface area contributed by atoms with E-state index in [0.717, 1.165) is 6.16 Å². The average molecular weight is 493 g/mol. The second-order valence-corrected chi connectivity index (χ2v) is 12.8. The Hall–Kier alpha value is -2.74. The summed E-state index contributed by atoms with van der Waals surface area (Å²) in [7, 11) is 0. The predicted molar refractivity (Wildman–Crippen MR) is 139 cm³/mol. The van der Waals surface area contributed by atoms with E-state index in [1.54, 1.807) is 12.1 Å². The van der Waals surface area contributed by atoms with Crippen LogP contribution in [0.1, 0.15) is 17.3 Å². The molecule has 0 fully saturated rings. The zero-order valence-corrected chi connectivity index (χ0v) is 20.0. The summed E-state index contributed by atoms with van der Waals surface area (Å²) in [6.07, 6.45) is 0.899. The van der Waals surface area contributed by atoms with Crippen LogP contribution in [0.2, 0.25) is 0 Å². The van der Waals surface area contributed by atoms with E-state index in [9.17, 15) is 9.90 Å². The molecule has 4 aromatic rings. The van der Waals surface area contributed by atoms with Gasteiger partial charge in [0.15, 0.2) is 0 Å². The van der Waals surface area contributed by atoms with Crippen LogP contribution in [0.3, 0.4) is 0 Å². The van der Waals surface area contributed by atoms with Crippen molar-refractivity contribution in [2.45, 2.75) is 6.92 Å². The van der Waals surface area contributed by atoms with Gasteiger partial charge < -0.3 is 0 Å². The topological polar surface area (TPSA) is 37.3 Å². The molecule has 0 unspecified atom stereocenters. The van der Waals surface area contributed by atoms with Crippen molar-refractivity contribution in [1.29, 1.82) is 0 Å². The quantitative estimate of drug-likeness (QED) is 0.378. The third-order valence-corrected chi connectivity index (χ3v) is 13.3. The fourth-order valence-electron chi connectivity index (χ4n) is 4.83. The molecule has 4 rings (SSSR count). The second-order valence-electron chi connectivity index (χ2n) is 7.48. The molecular weight excluding hydrogens is 467 g/mol. The third-order valence-electron chi connectivity index (χ3n) is 6.29. The molecule has 2 nitrogen and oxygen atoms in total. The monoisotopic (exact) mass is 492 g/mol. The predicted octanol–water partition coefficient (Wildman–Crippen LogP) is 5.14. The van der Waals surface area contributed by atoms with Gasteiger partial charge >= 0.3 is 178 Å². The number of carboxylic acid groups (broad SMARTS) is 1. The molecule has 0 saturated carbocycles. The Labute approximate surface area is 194 Å². The van der Waals surface area contributed by atoms with Crippen molar-refractivity contribution in [2.75, 3.05) is 6.16 Å². The van der Waals surface area contributed by atoms with Gasteiger partial charge in [-0.3, -0.25) is 0 Å². The number of rotatable bonds is 6. The summed E-state index contributed by atoms with van der Waals surface area (Å²) in [6, 6.07) is 39.7. The molecule has 0 heterocycles. The Kier molecular flexibility index (Phi) is 6.79. The Bertz CT molecular complexity index is 1040. The van der Waals surface area contributed by atoms with E-state index < -0.39 is 12.6 Å². The van der Waals surface area contributed by atoms with Gasteiger partial charge in [-0.15, -0.1) is 17.0 Å². The SMILES string of the molecule is Br.CCP(c1ccccc1)(c1ccccc1)(c1ccccc1)c1ccc(C(=O)O)cc1. The molecule has 4 aromatic carbocycles. The van der Waals surface area contributed by atoms with Crippen LogP contribution in [0, 0.1) is 0 Å². The van der Waals surface area contributed by atoms with Gasteiger partial charge in [0.05, 0.1) is 0 Å². The van der Waals surface area contributed by atoms with Gasteiger partial charge in [0.1, 0.15) is 0 Å². The van der Waals surface area contributed by atoms with Crippen LogP contribution in [-0.2, 0) is 0 Å². The molecule has 158 valence electrons. The number of carbonyl (C=O) groups is 1. The van der Waals surface area contributed by atoms with E-state index in [1.165, 1.54) is 21.2 Å². The first-order chi connectivity index (χ1) is 14.6. The minimum atomic E-state index is -3.10. The van der Waals surface area contributed by atoms with E-state index in [4.69, 9.17) is 0 Å². The van der Waals surface area contributed by atoms with Gasteiger partial charge in [-0.2, -0.15) is 0 Å². The van der Waals surface area contributed by atoms with Crippen LogP contribution in [-0.4, -0.2) is 17.2 Å². The minimum absolute atomic E-state index is 0. The molecule has 0 saturated heterocycles. The molecule has 0 aliphatic carbocycles. The average Bonchev–Trinajstić information content (AvgIpc) is 2.83. The molecule has 0 amide bonds. The van der Waals surface area contributed by atoms with Gasteiger partial charge in [-0.05, 0) is 0 Å². The normalized spacial score (nSPS) is 12.2. The number of halogens is 1. The van der Waals surface area contributed by atoms with E-state index in [1.807, 2.05) is 30.3 Å². The number of hydrogen-bond donors (Lipinski definition) is 1. The standard InChI is InChI=1S/C27H25O2P.BrH/c1-2-30(23-12-6-3-7-13-23,24-14-8-4-9-15-24,25-16-10-5-11-17-25)26-20-18-22(19-21-26)27(28)29;/h3-21H,2H2,1H3,(H,28,29);1H. The number of aromatic carboxylic acids is 1. The van der Waals surface area contributed by atoms with E-state index >= 15 is 0 Å². The van der Waals surface area contributed by atoms with Crippen molar-refractivity contribution >= 4 is 50.8 Å². The Morgan fingerprint density at radius 1 is 0.613 bits per heavy atom. The van der Waals surface area contributed by atoms with Gasteiger partial charge in [0, 0.05) is 0 Å². The van der Waals surface area contributed by atoms with Crippen LogP contribution in [0.5, 0.6) is 0 Å². The first kappa shape index (κ1) is 22.9. The molecule has 0 radical (unpaired) electrons. The fourth-order valence-corrected chi connectivity index (χ4v) is 11.4. The Morgan fingerprint density at radius 2 is 0.935 bits per heavy atom. The van der Waals surface area contributed by atoms with Crippen molar-refractivity contribution in [3.8, 4) is 0 Å². The first-order valence-corrected chi connectivity index (χ1v) is 12.6. The van der Waals surface area contributed by atoms with E-state index in [0.29, 0.717) is 5.56 Å². The van der Waals surface area contributed by atoms with Crippen LogP contribution < -0.4 is 21.2 Å². The molecule has 31 heavy (non-hydrogen) atoms. The molecule has 0 aliphatic rings. The number of benzene rings is 4. The molecule has 0 bridgehead atoms. The zero-order valence-electron chi connectivity index (χ0n) is 17.4. The summed E-state index contributed by atoms with van der Waals surface area (Å²) in [5.74, 6) is -0.905. The van der Waals surface area contributed by atoms with Gasteiger partial charge in [0.25, 0.3) is 0 Å². The summed E-state index contributed by atoms with van der Waals surface area (Å²) in [4.78, 5) is 11.5. The van der Waals surface area contributed by atoms with Crippen molar-refractivity contribution in [3.63, 3.8) is 0 Å². The first-order valence-electron chi connectivity index (χ1n) is 10.1. The maximum absolute atomic E-state index is 11.5. The summed E-state index contributed by atoms with van der Waals surface area (Å²) in [5.41, 5.74) is 0.306. The summed E-state index contributed by atoms with van der Waals surface area (Å²) < 4.78 is 0. The third kappa shape index (κ3) is 3.43. The van der Waals surface area contributed by atoms with Gasteiger partial charge in [0.2, 0.25) is 0 Å². The van der Waals surface area contributed by atoms with Crippen molar-refractivity contribution < 1.29 is 9.90 Å². The maximum atomic E-state index is 11.5. The fraction of sp³-hybridized carbons (Fsp3) is 0.0741. The number of carboxylic acids is 1. The Balaban J connectivity index is 0.00000272. The van der Waals surface area contributed by atoms with Gasteiger partial charge in [-0.1, -0.05) is 0 Å². The van der Waals surface area contributed by atoms with Crippen LogP contribution >= 0.6 is 23.6 Å². The molecule has 1 N–H and O–H groups in total. The van der Waals surface area contributed by atoms with Crippen molar-refractivity contribution in [2.24, 2.45) is 0 Å². The van der Waals surface area contributed by atoms with Crippen molar-refractivity contribution in [3.05, 3.63) is 121 Å². The summed E-state index contributed by atoms with van der Waals surface area (Å²) >= 11 is 0. The molecule has 0 atom stereocenters. The molecule has 0 spiro atoms. The second kappa shape index (κ2) is 9.18. The van der Waals surface area contributed by atoms with E-state index in [2.05, 4.69) is 79.7 Å². The summed E-state index contributed by atoms with van der Waals surface area (Å²) in [5, 5.41) is 14.5. The van der Waals surface area contributed by atoms with Crippen LogP contribution in [0.25, 0.3) is 0 Å². The van der Waals surface area contributed by atoms with Crippen molar-refractivity contribution in [1.82, 2.24) is 0 Å².